The van der Waals surface area contributed by atoms with Gasteiger partial charge in [-0.05, 0) is 30.7 Å². The van der Waals surface area contributed by atoms with E-state index in [1.807, 2.05) is 11.8 Å². The fourth-order valence-corrected chi connectivity index (χ4v) is 3.74. The molecule has 0 unspecified atom stereocenters. The second-order valence-electron chi connectivity index (χ2n) is 4.92. The number of anilines is 1. The molecule has 2 N–H and O–H groups in total. The Hall–Kier alpha value is -1.01. The first-order valence-electron chi connectivity index (χ1n) is 6.38. The first-order chi connectivity index (χ1) is 9.22. The number of aromatic amines is 1. The molecule has 19 heavy (non-hydrogen) atoms. The summed E-state index contributed by atoms with van der Waals surface area (Å²) in [5, 5.41) is 11.4. The Morgan fingerprint density at radius 2 is 2.21 bits per heavy atom. The molecule has 0 radical (unpaired) electrons. The van der Waals surface area contributed by atoms with Crippen LogP contribution in [0.3, 0.4) is 0 Å². The van der Waals surface area contributed by atoms with Crippen LogP contribution in [0.25, 0.3) is 11.0 Å². The molecule has 1 aliphatic carbocycles. The van der Waals surface area contributed by atoms with Crippen molar-refractivity contribution in [1.29, 1.82) is 0 Å². The van der Waals surface area contributed by atoms with Crippen molar-refractivity contribution >= 4 is 40.2 Å². The number of aromatic nitrogens is 4. The molecule has 1 saturated carbocycles. The lowest BCUT2D eigenvalue weighted by molar-refractivity contribution is 0.639. The van der Waals surface area contributed by atoms with E-state index >= 15 is 0 Å². The second-order valence-corrected chi connectivity index (χ2v) is 6.53. The molecule has 0 bridgehead atoms. The van der Waals surface area contributed by atoms with Crippen LogP contribution in [0.15, 0.2) is 6.20 Å². The van der Waals surface area contributed by atoms with E-state index in [9.17, 15) is 0 Å². The number of nitrogens with one attached hydrogen (secondary N) is 2. The molecule has 1 fully saturated rings. The third-order valence-corrected chi connectivity index (χ3v) is 5.40. The van der Waals surface area contributed by atoms with Crippen LogP contribution in [0.2, 0.25) is 5.28 Å². The molecule has 7 heteroatoms. The van der Waals surface area contributed by atoms with Crippen LogP contribution in [0, 0.1) is 0 Å². The molecular formula is C12H16ClN5S. The molecule has 5 nitrogen and oxygen atoms in total. The Kier molecular flexibility index (Phi) is 3.54. The maximum absolute atomic E-state index is 5.93. The summed E-state index contributed by atoms with van der Waals surface area (Å²) >= 11 is 7.88. The van der Waals surface area contributed by atoms with Gasteiger partial charge in [0, 0.05) is 11.3 Å². The molecule has 2 aromatic heterocycles. The normalized spacial score (nSPS) is 18.0. The largest absolute Gasteiger partial charge is 0.368 e. The molecule has 0 spiro atoms. The predicted octanol–water partition coefficient (Wildman–Crippen LogP) is 3.09. The van der Waals surface area contributed by atoms with Crippen molar-refractivity contribution in [2.45, 2.75) is 30.4 Å². The monoisotopic (exact) mass is 297 g/mol. The van der Waals surface area contributed by atoms with E-state index < -0.39 is 0 Å². The Labute approximate surface area is 120 Å². The molecule has 0 saturated heterocycles. The van der Waals surface area contributed by atoms with Gasteiger partial charge in [0.05, 0.1) is 11.6 Å². The third-order valence-electron chi connectivity index (χ3n) is 3.81. The summed E-state index contributed by atoms with van der Waals surface area (Å²) in [6.45, 7) is 0.905. The Balaban J connectivity index is 1.83. The molecule has 2 aromatic rings. The van der Waals surface area contributed by atoms with Crippen LogP contribution in [-0.4, -0.2) is 37.7 Å². The average molecular weight is 298 g/mol. The number of nitrogens with zero attached hydrogens (tertiary/aromatic N) is 3. The van der Waals surface area contributed by atoms with Gasteiger partial charge in [0.2, 0.25) is 5.28 Å². The number of hydrogen-bond donors (Lipinski definition) is 2. The van der Waals surface area contributed by atoms with Gasteiger partial charge >= 0.3 is 0 Å². The van der Waals surface area contributed by atoms with Crippen molar-refractivity contribution in [3.63, 3.8) is 0 Å². The minimum absolute atomic E-state index is 0.240. The first kappa shape index (κ1) is 13.0. The minimum atomic E-state index is 0.240. The Bertz CT molecular complexity index is 579. The topological polar surface area (TPSA) is 66.5 Å². The zero-order valence-electron chi connectivity index (χ0n) is 10.7. The van der Waals surface area contributed by atoms with E-state index in [-0.39, 0.29) is 5.28 Å². The third kappa shape index (κ3) is 2.51. The summed E-state index contributed by atoms with van der Waals surface area (Å²) in [6.07, 6.45) is 9.06. The standard InChI is InChI=1S/C12H16ClN5S/c1-19-12(4-2-3-5-12)7-14-9-8-6-15-18-10(8)17-11(13)16-9/h6H,2-5,7H2,1H3,(H2,14,15,16,17,18). The summed E-state index contributed by atoms with van der Waals surface area (Å²) in [5.74, 6) is 0.768. The molecule has 3 rings (SSSR count). The highest BCUT2D eigenvalue weighted by atomic mass is 35.5. The van der Waals surface area contributed by atoms with Gasteiger partial charge in [-0.2, -0.15) is 26.8 Å². The van der Waals surface area contributed by atoms with Crippen LogP contribution >= 0.6 is 23.4 Å². The summed E-state index contributed by atoms with van der Waals surface area (Å²) in [4.78, 5) is 8.38. The molecule has 102 valence electrons. The zero-order chi connectivity index (χ0) is 13.3. The number of hydrogen-bond acceptors (Lipinski definition) is 5. The highest BCUT2D eigenvalue weighted by Gasteiger charge is 2.32. The number of H-pyrrole nitrogens is 1. The van der Waals surface area contributed by atoms with E-state index in [0.29, 0.717) is 10.4 Å². The van der Waals surface area contributed by atoms with Crippen molar-refractivity contribution in [2.75, 3.05) is 18.1 Å². The van der Waals surface area contributed by atoms with Gasteiger partial charge < -0.3 is 5.32 Å². The second kappa shape index (κ2) is 5.17. The summed E-state index contributed by atoms with van der Waals surface area (Å²) in [5.41, 5.74) is 0.673. The van der Waals surface area contributed by atoms with Crippen LogP contribution in [0.1, 0.15) is 25.7 Å². The van der Waals surface area contributed by atoms with Gasteiger partial charge in [0.15, 0.2) is 5.65 Å². The van der Waals surface area contributed by atoms with Gasteiger partial charge in [-0.25, -0.2) is 0 Å². The van der Waals surface area contributed by atoms with Gasteiger partial charge in [-0.3, -0.25) is 5.10 Å². The molecular weight excluding hydrogens is 282 g/mol. The maximum Gasteiger partial charge on any atom is 0.226 e. The first-order valence-corrected chi connectivity index (χ1v) is 7.98. The molecule has 0 atom stereocenters. The van der Waals surface area contributed by atoms with Crippen LogP contribution in [0.5, 0.6) is 0 Å². The number of halogens is 1. The predicted molar refractivity (Wildman–Crippen MR) is 79.9 cm³/mol. The average Bonchev–Trinajstić information content (AvgIpc) is 3.05. The summed E-state index contributed by atoms with van der Waals surface area (Å²) < 4.78 is 0.327. The lowest BCUT2D eigenvalue weighted by Gasteiger charge is -2.27. The Morgan fingerprint density at radius 1 is 1.42 bits per heavy atom. The van der Waals surface area contributed by atoms with Gasteiger partial charge in [0.25, 0.3) is 0 Å². The number of rotatable bonds is 4. The molecule has 0 aromatic carbocycles. The van der Waals surface area contributed by atoms with Crippen molar-refractivity contribution in [2.24, 2.45) is 0 Å². The Morgan fingerprint density at radius 3 is 2.95 bits per heavy atom. The highest BCUT2D eigenvalue weighted by molar-refractivity contribution is 8.00. The fourth-order valence-electron chi connectivity index (χ4n) is 2.66. The molecule has 1 aliphatic rings. The SMILES string of the molecule is CSC1(CNc2nc(Cl)nc3[nH]ncc23)CCCC1. The number of fused-ring (bicyclic) bond motifs is 1. The maximum atomic E-state index is 5.93. The van der Waals surface area contributed by atoms with Crippen molar-refractivity contribution < 1.29 is 0 Å². The van der Waals surface area contributed by atoms with E-state index in [2.05, 4.69) is 31.7 Å². The van der Waals surface area contributed by atoms with E-state index in [1.54, 1.807) is 6.20 Å². The quantitative estimate of drug-likeness (QED) is 0.849. The summed E-state index contributed by atoms with van der Waals surface area (Å²) in [7, 11) is 0. The lowest BCUT2D eigenvalue weighted by Crippen LogP contribution is -2.30. The lowest BCUT2D eigenvalue weighted by atomic mass is 10.1. The van der Waals surface area contributed by atoms with Gasteiger partial charge in [0.1, 0.15) is 5.82 Å². The van der Waals surface area contributed by atoms with E-state index in [1.165, 1.54) is 25.7 Å². The van der Waals surface area contributed by atoms with Crippen LogP contribution < -0.4 is 5.32 Å². The minimum Gasteiger partial charge on any atom is -0.368 e. The summed E-state index contributed by atoms with van der Waals surface area (Å²) in [6, 6.07) is 0. The fraction of sp³-hybridized carbons (Fsp3) is 0.583. The van der Waals surface area contributed by atoms with E-state index in [4.69, 9.17) is 11.6 Å². The molecule has 0 amide bonds. The molecule has 0 aliphatic heterocycles. The van der Waals surface area contributed by atoms with Crippen molar-refractivity contribution in [3.05, 3.63) is 11.5 Å². The number of thioether (sulfide) groups is 1. The highest BCUT2D eigenvalue weighted by Crippen LogP contribution is 2.40. The van der Waals surface area contributed by atoms with E-state index in [0.717, 1.165) is 17.7 Å². The van der Waals surface area contributed by atoms with Gasteiger partial charge in [-0.1, -0.05) is 12.8 Å². The van der Waals surface area contributed by atoms with Crippen LogP contribution in [0.4, 0.5) is 5.82 Å². The zero-order valence-corrected chi connectivity index (χ0v) is 12.3. The van der Waals surface area contributed by atoms with Crippen molar-refractivity contribution in [3.8, 4) is 0 Å². The molecule has 2 heterocycles. The smallest absolute Gasteiger partial charge is 0.226 e. The van der Waals surface area contributed by atoms with Gasteiger partial charge in [-0.15, -0.1) is 0 Å². The van der Waals surface area contributed by atoms with Crippen molar-refractivity contribution in [1.82, 2.24) is 20.2 Å². The van der Waals surface area contributed by atoms with Crippen LogP contribution in [-0.2, 0) is 0 Å².